The van der Waals surface area contributed by atoms with Crippen LogP contribution >= 0.6 is 0 Å². The van der Waals surface area contributed by atoms with Crippen molar-refractivity contribution in [1.82, 2.24) is 14.8 Å². The van der Waals surface area contributed by atoms with Crippen LogP contribution in [0.3, 0.4) is 0 Å². The van der Waals surface area contributed by atoms with Gasteiger partial charge in [0.25, 0.3) is 0 Å². The van der Waals surface area contributed by atoms with Gasteiger partial charge in [0, 0.05) is 56.9 Å². The van der Waals surface area contributed by atoms with Crippen LogP contribution in [-0.2, 0) is 4.74 Å². The molecule has 1 saturated carbocycles. The number of hydrogen-bond donors (Lipinski definition) is 0. The zero-order valence-corrected chi connectivity index (χ0v) is 16.4. The van der Waals surface area contributed by atoms with Gasteiger partial charge in [-0.25, -0.2) is 9.78 Å². The van der Waals surface area contributed by atoms with Crippen molar-refractivity contribution >= 4 is 11.8 Å². The molecule has 1 spiro atoms. The number of hydrogen-bond acceptors (Lipinski definition) is 6. The number of nitrogens with zero attached hydrogens (tertiary/aromatic N) is 4. The van der Waals surface area contributed by atoms with Gasteiger partial charge in [-0.1, -0.05) is 0 Å². The molecule has 3 heterocycles. The number of carbonyl (C=O) groups excluding carboxylic acids is 1. The summed E-state index contributed by atoms with van der Waals surface area (Å²) in [5.74, 6) is 0.708. The molecule has 27 heavy (non-hydrogen) atoms. The van der Waals surface area contributed by atoms with Crippen molar-refractivity contribution in [1.29, 1.82) is 0 Å². The first-order chi connectivity index (χ1) is 13.1. The lowest BCUT2D eigenvalue weighted by Crippen LogP contribution is -2.58. The summed E-state index contributed by atoms with van der Waals surface area (Å²) in [6.45, 7) is 8.20. The van der Waals surface area contributed by atoms with Gasteiger partial charge in [0.2, 0.25) is 5.88 Å². The second-order valence-corrected chi connectivity index (χ2v) is 8.01. The maximum atomic E-state index is 11.8. The van der Waals surface area contributed by atoms with Crippen molar-refractivity contribution < 1.29 is 14.3 Å². The largest absolute Gasteiger partial charge is 0.480 e. The highest BCUT2D eigenvalue weighted by Gasteiger charge is 2.51. The molecule has 0 unspecified atom stereocenters. The second-order valence-electron chi connectivity index (χ2n) is 8.01. The number of amides is 1. The molecule has 148 valence electrons. The van der Waals surface area contributed by atoms with Crippen molar-refractivity contribution in [2.75, 3.05) is 57.9 Å². The smallest absolute Gasteiger partial charge is 0.409 e. The predicted octanol–water partition coefficient (Wildman–Crippen LogP) is 2.22. The monoisotopic (exact) mass is 374 g/mol. The summed E-state index contributed by atoms with van der Waals surface area (Å²) >= 11 is 0. The number of anilines is 1. The Morgan fingerprint density at radius 3 is 2.78 bits per heavy atom. The Labute approximate surface area is 161 Å². The van der Waals surface area contributed by atoms with E-state index in [1.807, 2.05) is 17.9 Å². The molecule has 0 aromatic carbocycles. The highest BCUT2D eigenvalue weighted by molar-refractivity contribution is 5.69. The van der Waals surface area contributed by atoms with Gasteiger partial charge in [-0.3, -0.25) is 4.90 Å². The van der Waals surface area contributed by atoms with Crippen molar-refractivity contribution in [2.45, 2.75) is 32.2 Å². The topological polar surface area (TPSA) is 58.1 Å². The fourth-order valence-electron chi connectivity index (χ4n) is 4.99. The summed E-state index contributed by atoms with van der Waals surface area (Å²) in [4.78, 5) is 23.0. The van der Waals surface area contributed by atoms with E-state index in [9.17, 15) is 4.79 Å². The van der Waals surface area contributed by atoms with Crippen LogP contribution in [0.5, 0.6) is 5.88 Å². The maximum Gasteiger partial charge on any atom is 0.409 e. The summed E-state index contributed by atoms with van der Waals surface area (Å²) in [5.41, 5.74) is 1.42. The van der Waals surface area contributed by atoms with Crippen LogP contribution in [0.25, 0.3) is 0 Å². The van der Waals surface area contributed by atoms with Crippen LogP contribution in [0.2, 0.25) is 0 Å². The molecule has 7 heteroatoms. The number of carbonyl (C=O) groups is 1. The molecule has 2 saturated heterocycles. The Morgan fingerprint density at radius 2 is 2.07 bits per heavy atom. The first-order valence-corrected chi connectivity index (χ1v) is 10.0. The summed E-state index contributed by atoms with van der Waals surface area (Å²) in [6, 6.07) is 4.70. The van der Waals surface area contributed by atoms with E-state index >= 15 is 0 Å². The molecular formula is C20H30N4O3. The quantitative estimate of drug-likeness (QED) is 0.806. The summed E-state index contributed by atoms with van der Waals surface area (Å²) in [7, 11) is 1.68. The van der Waals surface area contributed by atoms with E-state index in [1.165, 1.54) is 19.3 Å². The van der Waals surface area contributed by atoms with Gasteiger partial charge in [0.15, 0.2) is 0 Å². The van der Waals surface area contributed by atoms with Gasteiger partial charge in [-0.2, -0.15) is 0 Å². The first-order valence-electron chi connectivity index (χ1n) is 10.0. The summed E-state index contributed by atoms with van der Waals surface area (Å²) in [6.07, 6.45) is 5.30. The van der Waals surface area contributed by atoms with Crippen molar-refractivity contribution in [3.63, 3.8) is 0 Å². The second kappa shape index (κ2) is 7.54. The minimum Gasteiger partial charge on any atom is -0.480 e. The summed E-state index contributed by atoms with van der Waals surface area (Å²) in [5, 5.41) is 0. The van der Waals surface area contributed by atoms with Crippen LogP contribution in [0.15, 0.2) is 18.3 Å². The van der Waals surface area contributed by atoms with Crippen molar-refractivity contribution in [3.8, 4) is 5.88 Å². The average Bonchev–Trinajstić information content (AvgIpc) is 3.13. The molecule has 0 N–H and O–H groups in total. The molecule has 1 aromatic heterocycles. The molecule has 1 atom stereocenters. The molecule has 3 fully saturated rings. The molecule has 1 aromatic rings. The SMILES string of the molecule is CCOC(=O)N1CC2(CC[C@@H](N3CCN(c4cccnc4OC)CC3)C2)C1. The Kier molecular flexibility index (Phi) is 5.12. The first kappa shape index (κ1) is 18.3. The number of methoxy groups -OCH3 is 1. The lowest BCUT2D eigenvalue weighted by atomic mass is 9.78. The summed E-state index contributed by atoms with van der Waals surface area (Å²) < 4.78 is 10.5. The zero-order chi connectivity index (χ0) is 18.9. The normalized spacial score (nSPS) is 24.7. The standard InChI is InChI=1S/C20H30N4O3/c1-3-27-19(25)24-14-20(15-24)7-6-16(13-20)22-9-11-23(12-10-22)17-5-4-8-21-18(17)26-2/h4-5,8,16H,3,6-7,9-15H2,1-2H3/t16-/m1/s1. The van der Waals surface area contributed by atoms with E-state index in [2.05, 4.69) is 20.9 Å². The van der Waals surface area contributed by atoms with E-state index < -0.39 is 0 Å². The zero-order valence-electron chi connectivity index (χ0n) is 16.4. The number of pyridine rings is 1. The van der Waals surface area contributed by atoms with Crippen LogP contribution in [0.1, 0.15) is 26.2 Å². The molecule has 2 aliphatic heterocycles. The highest BCUT2D eigenvalue weighted by atomic mass is 16.6. The number of piperazine rings is 1. The van der Waals surface area contributed by atoms with E-state index in [4.69, 9.17) is 9.47 Å². The third-order valence-corrected chi connectivity index (χ3v) is 6.37. The van der Waals surface area contributed by atoms with Gasteiger partial charge in [0.05, 0.1) is 19.4 Å². The van der Waals surface area contributed by atoms with E-state index in [0.29, 0.717) is 23.9 Å². The predicted molar refractivity (Wildman–Crippen MR) is 103 cm³/mol. The van der Waals surface area contributed by atoms with Crippen LogP contribution < -0.4 is 9.64 Å². The Bertz CT molecular complexity index is 669. The van der Waals surface area contributed by atoms with Crippen LogP contribution in [0, 0.1) is 5.41 Å². The minimum atomic E-state index is -0.148. The van der Waals surface area contributed by atoms with Gasteiger partial charge in [-0.15, -0.1) is 0 Å². The Morgan fingerprint density at radius 1 is 1.30 bits per heavy atom. The van der Waals surface area contributed by atoms with E-state index in [0.717, 1.165) is 45.0 Å². The average molecular weight is 374 g/mol. The molecule has 0 radical (unpaired) electrons. The number of rotatable bonds is 4. The maximum absolute atomic E-state index is 11.8. The van der Waals surface area contributed by atoms with Crippen molar-refractivity contribution in [3.05, 3.63) is 18.3 Å². The number of ether oxygens (including phenoxy) is 2. The van der Waals surface area contributed by atoms with Gasteiger partial charge >= 0.3 is 6.09 Å². The van der Waals surface area contributed by atoms with Crippen molar-refractivity contribution in [2.24, 2.45) is 5.41 Å². The fourth-order valence-corrected chi connectivity index (χ4v) is 4.99. The number of likely N-dealkylation sites (tertiary alicyclic amines) is 1. The molecule has 7 nitrogen and oxygen atoms in total. The molecular weight excluding hydrogens is 344 g/mol. The van der Waals surface area contributed by atoms with Crippen LogP contribution in [-0.4, -0.2) is 79.9 Å². The lowest BCUT2D eigenvalue weighted by molar-refractivity contribution is -0.00294. The third kappa shape index (κ3) is 3.57. The molecule has 1 amide bonds. The lowest BCUT2D eigenvalue weighted by Gasteiger charge is -2.48. The van der Waals surface area contributed by atoms with Gasteiger partial charge in [0.1, 0.15) is 0 Å². The van der Waals surface area contributed by atoms with E-state index in [1.54, 1.807) is 13.3 Å². The van der Waals surface area contributed by atoms with E-state index in [-0.39, 0.29) is 6.09 Å². The Balaban J connectivity index is 1.28. The van der Waals surface area contributed by atoms with Crippen LogP contribution in [0.4, 0.5) is 10.5 Å². The third-order valence-electron chi connectivity index (χ3n) is 6.37. The minimum absolute atomic E-state index is 0.148. The molecule has 3 aliphatic rings. The molecule has 0 bridgehead atoms. The van der Waals surface area contributed by atoms with Gasteiger partial charge in [-0.05, 0) is 38.3 Å². The molecule has 4 rings (SSSR count). The fraction of sp³-hybridized carbons (Fsp3) is 0.700. The molecule has 1 aliphatic carbocycles. The Hall–Kier alpha value is -2.02. The van der Waals surface area contributed by atoms with Gasteiger partial charge < -0.3 is 19.3 Å². The highest BCUT2D eigenvalue weighted by Crippen LogP contribution is 2.47. The number of aromatic nitrogens is 1.